The molecular weight excluding hydrogens is 463 g/mol. The highest BCUT2D eigenvalue weighted by Crippen LogP contribution is 2.26. The largest absolute Gasteiger partial charge is 0.325 e. The number of carbonyl (C=O) groups is 1. The van der Waals surface area contributed by atoms with Crippen LogP contribution in [0.4, 0.5) is 5.69 Å². The van der Waals surface area contributed by atoms with Gasteiger partial charge in [0.15, 0.2) is 5.16 Å². The molecule has 0 aliphatic heterocycles. The Balaban J connectivity index is 1.55. The average Bonchev–Trinajstić information content (AvgIpc) is 3.18. The molecule has 3 aromatic carbocycles. The minimum atomic E-state index is -0.170. The van der Waals surface area contributed by atoms with Gasteiger partial charge in [-0.1, -0.05) is 77.4 Å². The normalized spacial score (nSPS) is 10.8. The summed E-state index contributed by atoms with van der Waals surface area (Å²) < 4.78 is 2.01. The third-order valence-electron chi connectivity index (χ3n) is 4.70. The number of nitrogens with zero attached hydrogens (tertiary/aromatic N) is 3. The van der Waals surface area contributed by atoms with Gasteiger partial charge in [-0.15, -0.1) is 10.2 Å². The van der Waals surface area contributed by atoms with Crippen LogP contribution in [0, 0.1) is 6.92 Å². The molecule has 1 N–H and O–H groups in total. The molecule has 4 aromatic rings. The molecule has 0 aliphatic rings. The van der Waals surface area contributed by atoms with Crippen LogP contribution in [-0.2, 0) is 11.2 Å². The second kappa shape index (κ2) is 10.2. The van der Waals surface area contributed by atoms with Gasteiger partial charge in [-0.2, -0.15) is 0 Å². The van der Waals surface area contributed by atoms with Crippen molar-refractivity contribution in [3.8, 4) is 5.69 Å². The SMILES string of the molecule is Cc1cccc(-n2c(Cc3ccccc3)nnc2SCC(=O)Nc2ccc(Cl)c(Cl)c2)c1. The predicted molar refractivity (Wildman–Crippen MR) is 131 cm³/mol. The van der Waals surface area contributed by atoms with Gasteiger partial charge in [0.05, 0.1) is 15.8 Å². The number of aryl methyl sites for hydroxylation is 1. The summed E-state index contributed by atoms with van der Waals surface area (Å²) in [7, 11) is 0. The Morgan fingerprint density at radius 1 is 0.969 bits per heavy atom. The first-order valence-electron chi connectivity index (χ1n) is 9.92. The molecule has 8 heteroatoms. The lowest BCUT2D eigenvalue weighted by molar-refractivity contribution is -0.113. The van der Waals surface area contributed by atoms with Gasteiger partial charge in [0.1, 0.15) is 5.82 Å². The van der Waals surface area contributed by atoms with E-state index in [0.29, 0.717) is 27.3 Å². The first kappa shape index (κ1) is 22.4. The minimum absolute atomic E-state index is 0.170. The fourth-order valence-corrected chi connectivity index (χ4v) is 4.28. The van der Waals surface area contributed by atoms with Gasteiger partial charge in [0.2, 0.25) is 5.91 Å². The highest BCUT2D eigenvalue weighted by atomic mass is 35.5. The lowest BCUT2D eigenvalue weighted by Gasteiger charge is -2.11. The predicted octanol–water partition coefficient (Wildman–Crippen LogP) is 6.20. The van der Waals surface area contributed by atoms with Gasteiger partial charge in [0.25, 0.3) is 0 Å². The van der Waals surface area contributed by atoms with Crippen molar-refractivity contribution in [3.05, 3.63) is 99.8 Å². The van der Waals surface area contributed by atoms with E-state index >= 15 is 0 Å². The smallest absolute Gasteiger partial charge is 0.234 e. The maximum atomic E-state index is 12.5. The van der Waals surface area contributed by atoms with E-state index in [1.165, 1.54) is 11.8 Å². The van der Waals surface area contributed by atoms with E-state index in [9.17, 15) is 4.79 Å². The molecule has 0 fully saturated rings. The van der Waals surface area contributed by atoms with Crippen molar-refractivity contribution in [2.45, 2.75) is 18.5 Å². The summed E-state index contributed by atoms with van der Waals surface area (Å²) in [5, 5.41) is 13.1. The molecular formula is C24H20Cl2N4OS. The zero-order valence-electron chi connectivity index (χ0n) is 17.3. The number of halogens is 2. The quantitative estimate of drug-likeness (QED) is 0.318. The highest BCUT2D eigenvalue weighted by Gasteiger charge is 2.17. The summed E-state index contributed by atoms with van der Waals surface area (Å²) in [6, 6.07) is 23.3. The first-order chi connectivity index (χ1) is 15.5. The van der Waals surface area contributed by atoms with Crippen LogP contribution in [0.15, 0.2) is 78.0 Å². The van der Waals surface area contributed by atoms with Gasteiger partial charge in [-0.25, -0.2) is 0 Å². The van der Waals surface area contributed by atoms with E-state index in [1.54, 1.807) is 18.2 Å². The summed E-state index contributed by atoms with van der Waals surface area (Å²) in [5.41, 5.74) is 3.83. The topological polar surface area (TPSA) is 59.8 Å². The molecule has 162 valence electrons. The van der Waals surface area contributed by atoms with Crippen molar-refractivity contribution in [2.75, 3.05) is 11.1 Å². The molecule has 0 saturated carbocycles. The number of benzene rings is 3. The first-order valence-corrected chi connectivity index (χ1v) is 11.7. The molecule has 0 saturated heterocycles. The standard InChI is InChI=1S/C24H20Cl2N4OS/c1-16-6-5-9-19(12-16)30-22(13-17-7-3-2-4-8-17)28-29-24(30)32-15-23(31)27-18-10-11-20(25)21(26)14-18/h2-12,14H,13,15H2,1H3,(H,27,31). The van der Waals surface area contributed by atoms with E-state index in [1.807, 2.05) is 47.9 Å². The van der Waals surface area contributed by atoms with Crippen LogP contribution in [0.2, 0.25) is 10.0 Å². The van der Waals surface area contributed by atoms with Crippen molar-refractivity contribution in [2.24, 2.45) is 0 Å². The summed E-state index contributed by atoms with van der Waals surface area (Å²) in [5.74, 6) is 0.821. The Bertz CT molecular complexity index is 1240. The Labute approximate surface area is 200 Å². The van der Waals surface area contributed by atoms with E-state index < -0.39 is 0 Å². The lowest BCUT2D eigenvalue weighted by Crippen LogP contribution is -2.14. The number of carbonyl (C=O) groups excluding carboxylic acids is 1. The van der Waals surface area contributed by atoms with Gasteiger partial charge < -0.3 is 5.32 Å². The van der Waals surface area contributed by atoms with E-state index in [4.69, 9.17) is 23.2 Å². The fourth-order valence-electron chi connectivity index (χ4n) is 3.21. The summed E-state index contributed by atoms with van der Waals surface area (Å²) >= 11 is 13.3. The molecule has 0 atom stereocenters. The number of thioether (sulfide) groups is 1. The molecule has 1 amide bonds. The monoisotopic (exact) mass is 482 g/mol. The molecule has 1 heterocycles. The van der Waals surface area contributed by atoms with Gasteiger partial charge >= 0.3 is 0 Å². The number of amides is 1. The van der Waals surface area contributed by atoms with E-state index in [-0.39, 0.29) is 11.7 Å². The van der Waals surface area contributed by atoms with Crippen LogP contribution in [0.3, 0.4) is 0 Å². The van der Waals surface area contributed by atoms with Gasteiger partial charge in [-0.3, -0.25) is 9.36 Å². The van der Waals surface area contributed by atoms with E-state index in [2.05, 4.69) is 33.7 Å². The second-order valence-corrected chi connectivity index (χ2v) is 8.96. The summed E-state index contributed by atoms with van der Waals surface area (Å²) in [4.78, 5) is 12.5. The number of anilines is 1. The molecule has 5 nitrogen and oxygen atoms in total. The molecule has 0 bridgehead atoms. The molecule has 32 heavy (non-hydrogen) atoms. The molecule has 0 unspecified atom stereocenters. The zero-order valence-corrected chi connectivity index (χ0v) is 19.6. The maximum absolute atomic E-state index is 12.5. The number of aromatic nitrogens is 3. The van der Waals surface area contributed by atoms with Crippen LogP contribution >= 0.6 is 35.0 Å². The third-order valence-corrected chi connectivity index (χ3v) is 6.37. The van der Waals surface area contributed by atoms with Crippen molar-refractivity contribution in [3.63, 3.8) is 0 Å². The number of rotatable bonds is 7. The Kier molecular flexibility index (Phi) is 7.15. The Hall–Kier alpha value is -2.80. The van der Waals surface area contributed by atoms with Crippen LogP contribution in [0.25, 0.3) is 5.69 Å². The molecule has 1 aromatic heterocycles. The number of nitrogens with one attached hydrogen (secondary N) is 1. The number of hydrogen-bond acceptors (Lipinski definition) is 4. The van der Waals surface area contributed by atoms with Crippen molar-refractivity contribution in [1.82, 2.24) is 14.8 Å². The molecule has 0 radical (unpaired) electrons. The van der Waals surface area contributed by atoms with Crippen LogP contribution in [-0.4, -0.2) is 26.4 Å². The summed E-state index contributed by atoms with van der Waals surface area (Å²) in [6.45, 7) is 2.04. The Morgan fingerprint density at radius 3 is 2.53 bits per heavy atom. The highest BCUT2D eigenvalue weighted by molar-refractivity contribution is 7.99. The van der Waals surface area contributed by atoms with Crippen LogP contribution in [0.1, 0.15) is 17.0 Å². The van der Waals surface area contributed by atoms with Crippen LogP contribution < -0.4 is 5.32 Å². The van der Waals surface area contributed by atoms with Gasteiger partial charge in [0, 0.05) is 17.8 Å². The zero-order chi connectivity index (χ0) is 22.5. The summed E-state index contributed by atoms with van der Waals surface area (Å²) in [6.07, 6.45) is 0.637. The van der Waals surface area contributed by atoms with Gasteiger partial charge in [-0.05, 0) is 48.4 Å². The lowest BCUT2D eigenvalue weighted by atomic mass is 10.1. The Morgan fingerprint density at radius 2 is 1.78 bits per heavy atom. The fraction of sp³-hybridized carbons (Fsp3) is 0.125. The number of hydrogen-bond donors (Lipinski definition) is 1. The maximum Gasteiger partial charge on any atom is 0.234 e. The third kappa shape index (κ3) is 5.51. The van der Waals surface area contributed by atoms with Crippen LogP contribution in [0.5, 0.6) is 0 Å². The van der Waals surface area contributed by atoms with Crippen molar-refractivity contribution in [1.29, 1.82) is 0 Å². The molecule has 0 spiro atoms. The molecule has 4 rings (SSSR count). The van der Waals surface area contributed by atoms with E-state index in [0.717, 1.165) is 22.6 Å². The average molecular weight is 483 g/mol. The minimum Gasteiger partial charge on any atom is -0.325 e. The van der Waals surface area contributed by atoms with Crippen molar-refractivity contribution >= 4 is 46.6 Å². The van der Waals surface area contributed by atoms with Crippen molar-refractivity contribution < 1.29 is 4.79 Å². The molecule has 0 aliphatic carbocycles. The second-order valence-electron chi connectivity index (χ2n) is 7.20.